The highest BCUT2D eigenvalue weighted by Crippen LogP contribution is 2.25. The van der Waals surface area contributed by atoms with E-state index in [-0.39, 0.29) is 6.61 Å². The van der Waals surface area contributed by atoms with E-state index in [0.717, 1.165) is 19.3 Å². The van der Waals surface area contributed by atoms with E-state index in [1.165, 1.54) is 57.8 Å². The largest absolute Gasteiger partial charge is 0.397 e. The first-order valence-corrected chi connectivity index (χ1v) is 14.5. The minimum absolute atomic E-state index is 0.279. The molecule has 1 rings (SSSR count). The van der Waals surface area contributed by atoms with E-state index in [4.69, 9.17) is 19.8 Å². The summed E-state index contributed by atoms with van der Waals surface area (Å²) in [7, 11) is -5.00. The van der Waals surface area contributed by atoms with Gasteiger partial charge in [-0.25, -0.2) is 4.18 Å². The third kappa shape index (κ3) is 13.8. The van der Waals surface area contributed by atoms with E-state index in [2.05, 4.69) is 11.1 Å². The molecule has 1 aliphatic heterocycles. The van der Waals surface area contributed by atoms with Crippen LogP contribution in [0.15, 0.2) is 12.2 Å². The molecule has 1 saturated heterocycles. The first-order chi connectivity index (χ1) is 17.1. The Hall–Kier alpha value is -0.670. The van der Waals surface area contributed by atoms with Gasteiger partial charge in [-0.1, -0.05) is 83.3 Å². The topological polar surface area (TPSA) is 189 Å². The number of unbranched alkanes of at least 4 members (excludes halogenated alkanes) is 11. The molecule has 0 bridgehead atoms. The van der Waals surface area contributed by atoms with E-state index >= 15 is 0 Å². The number of hydrogen-bond donors (Lipinski definition) is 6. The summed E-state index contributed by atoms with van der Waals surface area (Å²) in [6.45, 7) is 1.22. The van der Waals surface area contributed by atoms with Crippen molar-refractivity contribution in [3.8, 4) is 0 Å². The van der Waals surface area contributed by atoms with Crippen LogP contribution in [0.4, 0.5) is 0 Å². The lowest BCUT2D eigenvalue weighted by Crippen LogP contribution is -2.61. The monoisotopic (exact) mass is 541 g/mol. The zero-order valence-corrected chi connectivity index (χ0v) is 22.2. The van der Waals surface area contributed by atoms with Crippen LogP contribution < -0.4 is 5.73 Å². The smallest absolute Gasteiger partial charge is 0.394 e. The molecule has 11 nitrogen and oxygen atoms in total. The van der Waals surface area contributed by atoms with Crippen LogP contribution in [0, 0.1) is 0 Å². The van der Waals surface area contributed by atoms with Gasteiger partial charge in [0.05, 0.1) is 25.4 Å². The second-order valence-corrected chi connectivity index (χ2v) is 10.5. The molecule has 0 unspecified atom stereocenters. The molecule has 7 atom stereocenters. The van der Waals surface area contributed by atoms with Gasteiger partial charge in [-0.05, 0) is 12.8 Å². The molecule has 0 spiro atoms. The molecular weight excluding hydrogens is 494 g/mol. The normalized spacial score (nSPS) is 26.9. The first kappa shape index (κ1) is 33.4. The van der Waals surface area contributed by atoms with Gasteiger partial charge >= 0.3 is 10.4 Å². The number of allylic oxidation sites excluding steroid dienone is 1. The fourth-order valence-electron chi connectivity index (χ4n) is 4.05. The standard InChI is InChI=1S/C24H47NO10S/c1-2-3-4-5-6-7-8-9-10-11-12-13-14-15-19(27)18(25)17-33-24-22(29)23(35-36(30,31)32)21(28)20(16-26)34-24/h14-15,18-24,26-29H,2-13,16-17,25H2,1H3,(H,30,31,32)/b15-14+/t18-,19+,20+,21-,22+,23-,24+/m0/s1. The Morgan fingerprint density at radius 2 is 1.53 bits per heavy atom. The SMILES string of the molecule is CCCCCCCCCCCCC/C=C/[C@@H](O)[C@@H](N)CO[C@@H]1O[C@H](CO)[C@H](O)[C@H](OS(=O)(=O)O)[C@H]1O. The van der Waals surface area contributed by atoms with Crippen molar-refractivity contribution < 1.29 is 47.1 Å². The third-order valence-electron chi connectivity index (χ3n) is 6.25. The molecule has 214 valence electrons. The maximum absolute atomic E-state index is 11.0. The third-order valence-corrected chi connectivity index (χ3v) is 6.72. The number of ether oxygens (including phenoxy) is 2. The van der Waals surface area contributed by atoms with Crippen molar-refractivity contribution in [3.63, 3.8) is 0 Å². The lowest BCUT2D eigenvalue weighted by atomic mass is 9.99. The molecule has 0 amide bonds. The zero-order chi connectivity index (χ0) is 27.0. The van der Waals surface area contributed by atoms with Crippen molar-refractivity contribution in [1.82, 2.24) is 0 Å². The summed E-state index contributed by atoms with van der Waals surface area (Å²) in [4.78, 5) is 0. The number of nitrogens with two attached hydrogens (primary N) is 1. The Morgan fingerprint density at radius 3 is 2.06 bits per heavy atom. The fraction of sp³-hybridized carbons (Fsp3) is 0.917. The van der Waals surface area contributed by atoms with Crippen LogP contribution in [-0.2, 0) is 24.1 Å². The van der Waals surface area contributed by atoms with E-state index in [0.29, 0.717) is 0 Å². The van der Waals surface area contributed by atoms with Gasteiger partial charge in [0.15, 0.2) is 6.29 Å². The summed E-state index contributed by atoms with van der Waals surface area (Å²) < 4.78 is 45.8. The van der Waals surface area contributed by atoms with Gasteiger partial charge in [-0.3, -0.25) is 4.55 Å². The minimum Gasteiger partial charge on any atom is -0.394 e. The number of aliphatic hydroxyl groups is 4. The second-order valence-electron chi connectivity index (χ2n) is 9.44. The van der Waals surface area contributed by atoms with E-state index in [1.807, 2.05) is 6.08 Å². The summed E-state index contributed by atoms with van der Waals surface area (Å²) in [6.07, 6.45) is 8.83. The van der Waals surface area contributed by atoms with Crippen molar-refractivity contribution in [2.45, 2.75) is 127 Å². The van der Waals surface area contributed by atoms with Crippen LogP contribution in [0.3, 0.4) is 0 Å². The Kier molecular flexibility index (Phi) is 17.2. The summed E-state index contributed by atoms with van der Waals surface area (Å²) in [6, 6.07) is -0.880. The summed E-state index contributed by atoms with van der Waals surface area (Å²) >= 11 is 0. The Bertz CT molecular complexity index is 692. The fourth-order valence-corrected chi connectivity index (χ4v) is 4.56. The summed E-state index contributed by atoms with van der Waals surface area (Å²) in [5.41, 5.74) is 5.93. The maximum atomic E-state index is 11.0. The maximum Gasteiger partial charge on any atom is 0.397 e. The van der Waals surface area contributed by atoms with Crippen LogP contribution in [0.5, 0.6) is 0 Å². The molecule has 1 heterocycles. The molecule has 0 aromatic heterocycles. The van der Waals surface area contributed by atoms with E-state index < -0.39 is 59.9 Å². The van der Waals surface area contributed by atoms with E-state index in [1.54, 1.807) is 6.08 Å². The van der Waals surface area contributed by atoms with E-state index in [9.17, 15) is 28.8 Å². The molecule has 0 saturated carbocycles. The molecule has 0 aromatic rings. The molecule has 12 heteroatoms. The number of aliphatic hydroxyl groups excluding tert-OH is 4. The quantitative estimate of drug-likeness (QED) is 0.0745. The van der Waals surface area contributed by atoms with Crippen molar-refractivity contribution in [3.05, 3.63) is 12.2 Å². The number of rotatable bonds is 20. The molecule has 0 aliphatic carbocycles. The molecule has 1 fully saturated rings. The van der Waals surface area contributed by atoms with Crippen molar-refractivity contribution >= 4 is 10.4 Å². The zero-order valence-electron chi connectivity index (χ0n) is 21.4. The highest BCUT2D eigenvalue weighted by molar-refractivity contribution is 7.80. The van der Waals surface area contributed by atoms with Gasteiger partial charge < -0.3 is 35.6 Å². The second kappa shape index (κ2) is 18.6. The predicted molar refractivity (Wildman–Crippen MR) is 134 cm³/mol. The van der Waals surface area contributed by atoms with Crippen LogP contribution in [0.1, 0.15) is 84.0 Å². The van der Waals surface area contributed by atoms with Gasteiger partial charge in [-0.15, -0.1) is 0 Å². The Labute approximate surface area is 215 Å². The average Bonchev–Trinajstić information content (AvgIpc) is 2.83. The van der Waals surface area contributed by atoms with Gasteiger partial charge in [0.1, 0.15) is 24.4 Å². The summed E-state index contributed by atoms with van der Waals surface area (Å²) in [5, 5.41) is 39.8. The predicted octanol–water partition coefficient (Wildman–Crippen LogP) is 1.58. The summed E-state index contributed by atoms with van der Waals surface area (Å²) in [5.74, 6) is 0. The van der Waals surface area contributed by atoms with Crippen LogP contribution in [0.25, 0.3) is 0 Å². The number of hydrogen-bond acceptors (Lipinski definition) is 10. The van der Waals surface area contributed by atoms with Gasteiger partial charge in [-0.2, -0.15) is 8.42 Å². The Morgan fingerprint density at radius 1 is 0.972 bits per heavy atom. The van der Waals surface area contributed by atoms with Crippen LogP contribution in [0.2, 0.25) is 0 Å². The molecule has 7 N–H and O–H groups in total. The molecule has 36 heavy (non-hydrogen) atoms. The van der Waals surface area contributed by atoms with Gasteiger partial charge in [0.2, 0.25) is 0 Å². The average molecular weight is 542 g/mol. The van der Waals surface area contributed by atoms with Crippen molar-refractivity contribution in [2.75, 3.05) is 13.2 Å². The van der Waals surface area contributed by atoms with Gasteiger partial charge in [0, 0.05) is 0 Å². The van der Waals surface area contributed by atoms with Crippen molar-refractivity contribution in [2.24, 2.45) is 5.73 Å². The molecule has 0 radical (unpaired) electrons. The minimum atomic E-state index is -5.00. The molecule has 0 aromatic carbocycles. The first-order valence-electron chi connectivity index (χ1n) is 13.1. The Balaban J connectivity index is 2.28. The highest BCUT2D eigenvalue weighted by Gasteiger charge is 2.47. The molecule has 1 aliphatic rings. The lowest BCUT2D eigenvalue weighted by molar-refractivity contribution is -0.298. The van der Waals surface area contributed by atoms with Crippen LogP contribution >= 0.6 is 0 Å². The van der Waals surface area contributed by atoms with Crippen LogP contribution in [-0.4, -0.2) is 89.5 Å². The molecular formula is C24H47NO10S. The highest BCUT2D eigenvalue weighted by atomic mass is 32.3. The van der Waals surface area contributed by atoms with Crippen molar-refractivity contribution in [1.29, 1.82) is 0 Å². The van der Waals surface area contributed by atoms with Gasteiger partial charge in [0.25, 0.3) is 0 Å². The lowest BCUT2D eigenvalue weighted by Gasteiger charge is -2.41.